The number of likely N-dealkylation sites (N-methyl/N-ethyl adjacent to an activating group) is 1. The number of amides is 1. The van der Waals surface area contributed by atoms with Crippen LogP contribution < -0.4 is 9.47 Å². The van der Waals surface area contributed by atoms with Crippen LogP contribution in [0, 0.1) is 0 Å². The lowest BCUT2D eigenvalue weighted by atomic mass is 9.94. The summed E-state index contributed by atoms with van der Waals surface area (Å²) < 4.78 is 10.7. The van der Waals surface area contributed by atoms with Crippen LogP contribution in [-0.4, -0.2) is 73.1 Å². The van der Waals surface area contributed by atoms with Gasteiger partial charge in [-0.3, -0.25) is 9.59 Å². The van der Waals surface area contributed by atoms with Crippen molar-refractivity contribution in [3.63, 3.8) is 0 Å². The zero-order chi connectivity index (χ0) is 23.6. The summed E-state index contributed by atoms with van der Waals surface area (Å²) in [4.78, 5) is 29.3. The van der Waals surface area contributed by atoms with Crippen LogP contribution in [-0.2, 0) is 9.59 Å². The summed E-state index contributed by atoms with van der Waals surface area (Å²) in [5.41, 5.74) is 0.371. The van der Waals surface area contributed by atoms with Gasteiger partial charge in [-0.2, -0.15) is 0 Å². The number of nitrogens with zero attached hydrogens (tertiary/aromatic N) is 2. The molecule has 9 heteroatoms. The Morgan fingerprint density at radius 3 is 2.41 bits per heavy atom. The number of hydrogen-bond donors (Lipinski definition) is 2. The Balaban J connectivity index is 2.23. The van der Waals surface area contributed by atoms with Gasteiger partial charge in [0.05, 0.1) is 31.4 Å². The first-order valence-electron chi connectivity index (χ1n) is 9.83. The highest BCUT2D eigenvalue weighted by Gasteiger charge is 2.46. The molecule has 0 spiro atoms. The van der Waals surface area contributed by atoms with E-state index in [1.807, 2.05) is 19.0 Å². The van der Waals surface area contributed by atoms with Crippen molar-refractivity contribution in [2.24, 2.45) is 0 Å². The molecule has 0 radical (unpaired) electrons. The molecule has 0 aromatic heterocycles. The molecule has 1 aliphatic rings. The number of halogens is 1. The van der Waals surface area contributed by atoms with E-state index in [9.17, 15) is 19.8 Å². The van der Waals surface area contributed by atoms with E-state index in [-0.39, 0.29) is 28.5 Å². The number of ether oxygens (including phenoxy) is 2. The van der Waals surface area contributed by atoms with Gasteiger partial charge in [0.1, 0.15) is 11.5 Å². The molecule has 2 N–H and O–H groups in total. The molecular formula is C23H25ClN2O6. The molecule has 1 unspecified atom stereocenters. The third kappa shape index (κ3) is 4.37. The van der Waals surface area contributed by atoms with Gasteiger partial charge in [0.25, 0.3) is 11.7 Å². The second-order valence-electron chi connectivity index (χ2n) is 7.57. The number of aliphatic hydroxyl groups excluding tert-OH is 1. The lowest BCUT2D eigenvalue weighted by Gasteiger charge is -2.27. The summed E-state index contributed by atoms with van der Waals surface area (Å²) in [7, 11) is 6.69. The van der Waals surface area contributed by atoms with Crippen molar-refractivity contribution in [3.8, 4) is 17.2 Å². The fourth-order valence-electron chi connectivity index (χ4n) is 3.63. The lowest BCUT2D eigenvalue weighted by Crippen LogP contribution is -2.35. The van der Waals surface area contributed by atoms with E-state index in [0.717, 1.165) is 0 Å². The Bertz CT molecular complexity index is 1080. The van der Waals surface area contributed by atoms with Crippen molar-refractivity contribution in [1.29, 1.82) is 0 Å². The van der Waals surface area contributed by atoms with Crippen LogP contribution >= 0.6 is 11.6 Å². The van der Waals surface area contributed by atoms with Gasteiger partial charge in [-0.1, -0.05) is 17.7 Å². The number of benzene rings is 2. The number of aromatic hydroxyl groups is 1. The number of likely N-dealkylation sites (tertiary alicyclic amines) is 1. The summed E-state index contributed by atoms with van der Waals surface area (Å²) in [6, 6.07) is 8.23. The molecule has 1 atom stereocenters. The number of carbonyl (C=O) groups excluding carboxylic acids is 2. The molecule has 2 aromatic carbocycles. The van der Waals surface area contributed by atoms with Crippen LogP contribution in [0.2, 0.25) is 5.02 Å². The summed E-state index contributed by atoms with van der Waals surface area (Å²) in [5, 5.41) is 21.6. The minimum Gasteiger partial charge on any atom is -0.507 e. The van der Waals surface area contributed by atoms with Crippen LogP contribution in [0.1, 0.15) is 17.2 Å². The van der Waals surface area contributed by atoms with E-state index in [0.29, 0.717) is 23.6 Å². The molecule has 1 saturated heterocycles. The molecule has 0 bridgehead atoms. The second-order valence-corrected chi connectivity index (χ2v) is 8.01. The van der Waals surface area contributed by atoms with Crippen molar-refractivity contribution >= 4 is 29.1 Å². The van der Waals surface area contributed by atoms with Crippen molar-refractivity contribution in [3.05, 3.63) is 58.1 Å². The van der Waals surface area contributed by atoms with E-state index in [2.05, 4.69) is 0 Å². The largest absolute Gasteiger partial charge is 0.507 e. The highest BCUT2D eigenvalue weighted by molar-refractivity contribution is 6.46. The van der Waals surface area contributed by atoms with Gasteiger partial charge in [-0.05, 0) is 50.0 Å². The average Bonchev–Trinajstić information content (AvgIpc) is 3.03. The summed E-state index contributed by atoms with van der Waals surface area (Å²) >= 11 is 6.03. The number of hydrogen-bond acceptors (Lipinski definition) is 7. The van der Waals surface area contributed by atoms with E-state index in [1.165, 1.54) is 37.3 Å². The van der Waals surface area contributed by atoms with E-state index in [1.54, 1.807) is 18.2 Å². The average molecular weight is 461 g/mol. The normalized spacial score (nSPS) is 17.8. The number of Topliss-reactive ketones (excluding diaryl/α,β-unsaturated/α-hetero) is 1. The fraction of sp³-hybridized carbons (Fsp3) is 0.304. The number of phenolic OH excluding ortho intramolecular Hbond substituents is 1. The number of rotatable bonds is 7. The first-order chi connectivity index (χ1) is 15.2. The molecule has 2 aromatic rings. The smallest absolute Gasteiger partial charge is 0.295 e. The highest BCUT2D eigenvalue weighted by atomic mass is 35.5. The van der Waals surface area contributed by atoms with Gasteiger partial charge in [0, 0.05) is 18.1 Å². The summed E-state index contributed by atoms with van der Waals surface area (Å²) in [6.07, 6.45) is 0. The maximum atomic E-state index is 13.0. The van der Waals surface area contributed by atoms with Crippen molar-refractivity contribution in [1.82, 2.24) is 9.80 Å². The highest BCUT2D eigenvalue weighted by Crippen LogP contribution is 2.43. The van der Waals surface area contributed by atoms with Crippen molar-refractivity contribution < 1.29 is 29.3 Å². The molecular weight excluding hydrogens is 436 g/mol. The lowest BCUT2D eigenvalue weighted by molar-refractivity contribution is -0.140. The SMILES string of the molecule is COc1ccc(C2C(=C(O)c3cc(Cl)ccc3O)C(=O)C(=O)N2CCN(C)C)cc1OC. The number of aliphatic hydroxyl groups is 1. The molecule has 1 fully saturated rings. The number of methoxy groups -OCH3 is 2. The fourth-order valence-corrected chi connectivity index (χ4v) is 3.80. The zero-order valence-corrected chi connectivity index (χ0v) is 19.0. The molecule has 8 nitrogen and oxygen atoms in total. The topological polar surface area (TPSA) is 99.5 Å². The van der Waals surface area contributed by atoms with Crippen LogP contribution in [0.4, 0.5) is 0 Å². The van der Waals surface area contributed by atoms with Crippen molar-refractivity contribution in [2.45, 2.75) is 6.04 Å². The Morgan fingerprint density at radius 1 is 1.09 bits per heavy atom. The van der Waals surface area contributed by atoms with E-state index < -0.39 is 23.5 Å². The van der Waals surface area contributed by atoms with E-state index in [4.69, 9.17) is 21.1 Å². The Hall–Kier alpha value is -3.23. The summed E-state index contributed by atoms with van der Waals surface area (Å²) in [5.74, 6) is -1.47. The third-order valence-corrected chi connectivity index (χ3v) is 5.50. The molecule has 3 rings (SSSR count). The first kappa shape index (κ1) is 23.4. The van der Waals surface area contributed by atoms with Crippen LogP contribution in [0.15, 0.2) is 42.0 Å². The minimum absolute atomic E-state index is 0.0337. The molecule has 1 amide bonds. The number of phenols is 1. The zero-order valence-electron chi connectivity index (χ0n) is 18.3. The Kier molecular flexibility index (Phi) is 6.96. The molecule has 1 heterocycles. The van der Waals surface area contributed by atoms with E-state index >= 15 is 0 Å². The van der Waals surface area contributed by atoms with Gasteiger partial charge in [0.2, 0.25) is 0 Å². The first-order valence-corrected chi connectivity index (χ1v) is 10.2. The predicted molar refractivity (Wildman–Crippen MR) is 120 cm³/mol. The molecule has 0 saturated carbocycles. The van der Waals surface area contributed by atoms with Gasteiger partial charge in [-0.15, -0.1) is 0 Å². The monoisotopic (exact) mass is 460 g/mol. The second kappa shape index (κ2) is 9.50. The van der Waals surface area contributed by atoms with Gasteiger partial charge < -0.3 is 29.5 Å². The molecule has 170 valence electrons. The van der Waals surface area contributed by atoms with Crippen molar-refractivity contribution in [2.75, 3.05) is 41.4 Å². The minimum atomic E-state index is -0.895. The summed E-state index contributed by atoms with van der Waals surface area (Å²) in [6.45, 7) is 0.744. The Morgan fingerprint density at radius 2 is 1.78 bits per heavy atom. The van der Waals surface area contributed by atoms with Crippen LogP contribution in [0.25, 0.3) is 5.76 Å². The molecule has 1 aliphatic heterocycles. The predicted octanol–water partition coefficient (Wildman–Crippen LogP) is 3.05. The van der Waals surface area contributed by atoms with Gasteiger partial charge in [-0.25, -0.2) is 0 Å². The number of ketones is 1. The standard InChI is InChI=1S/C23H25ClN2O6/c1-25(2)9-10-26-20(13-5-8-17(31-3)18(11-13)32-4)19(22(29)23(26)30)21(28)15-12-14(24)6-7-16(15)27/h5-8,11-12,20,27-28H,9-10H2,1-4H3. The van der Waals surface area contributed by atoms with Crippen LogP contribution in [0.5, 0.6) is 17.2 Å². The quantitative estimate of drug-likeness (QED) is 0.372. The molecule has 32 heavy (non-hydrogen) atoms. The van der Waals surface area contributed by atoms with Gasteiger partial charge in [0.15, 0.2) is 11.5 Å². The maximum absolute atomic E-state index is 13.0. The maximum Gasteiger partial charge on any atom is 0.295 e. The Labute approximate surface area is 191 Å². The van der Waals surface area contributed by atoms with Crippen LogP contribution in [0.3, 0.4) is 0 Å². The number of carbonyl (C=O) groups is 2. The third-order valence-electron chi connectivity index (χ3n) is 5.27. The molecule has 0 aliphatic carbocycles. The van der Waals surface area contributed by atoms with Gasteiger partial charge >= 0.3 is 0 Å².